The summed E-state index contributed by atoms with van der Waals surface area (Å²) >= 11 is 0. The minimum Gasteiger partial charge on any atom is -0.496 e. The first kappa shape index (κ1) is 15.9. The van der Waals surface area contributed by atoms with Crippen LogP contribution in [0.3, 0.4) is 0 Å². The fraction of sp³-hybridized carbons (Fsp3) is 0.417. The predicted octanol–water partition coefficient (Wildman–Crippen LogP) is 0.561. The van der Waals surface area contributed by atoms with Crippen LogP contribution in [0.5, 0.6) is 5.75 Å². The maximum atomic E-state index is 11.0. The van der Waals surface area contributed by atoms with Gasteiger partial charge in [0.2, 0.25) is 0 Å². The SMILES string of the molecule is COC(=O)CC(O)C(O)c1cc(OC)cc([N+](=O)[O-])c1. The van der Waals surface area contributed by atoms with E-state index >= 15 is 0 Å². The minimum atomic E-state index is -1.47. The lowest BCUT2D eigenvalue weighted by Gasteiger charge is -2.17. The van der Waals surface area contributed by atoms with Gasteiger partial charge in [0.15, 0.2) is 0 Å². The molecule has 0 saturated heterocycles. The summed E-state index contributed by atoms with van der Waals surface area (Å²) in [6.45, 7) is 0. The van der Waals surface area contributed by atoms with Gasteiger partial charge in [0.1, 0.15) is 11.9 Å². The van der Waals surface area contributed by atoms with Gasteiger partial charge < -0.3 is 19.7 Å². The van der Waals surface area contributed by atoms with Gasteiger partial charge in [-0.1, -0.05) is 0 Å². The summed E-state index contributed by atoms with van der Waals surface area (Å²) in [5.74, 6) is -0.535. The predicted molar refractivity (Wildman–Crippen MR) is 67.2 cm³/mol. The molecular weight excluding hydrogens is 270 g/mol. The minimum absolute atomic E-state index is 0.0763. The first-order valence-electron chi connectivity index (χ1n) is 5.65. The zero-order chi connectivity index (χ0) is 15.3. The number of hydrogen-bond acceptors (Lipinski definition) is 7. The number of aliphatic hydroxyl groups is 2. The van der Waals surface area contributed by atoms with Crippen LogP contribution < -0.4 is 4.74 Å². The summed E-state index contributed by atoms with van der Waals surface area (Å²) in [5, 5.41) is 30.4. The van der Waals surface area contributed by atoms with Crippen LogP contribution >= 0.6 is 0 Å². The topological polar surface area (TPSA) is 119 Å². The third-order valence-corrected chi connectivity index (χ3v) is 2.67. The van der Waals surface area contributed by atoms with Crippen molar-refractivity contribution >= 4 is 11.7 Å². The van der Waals surface area contributed by atoms with Crippen molar-refractivity contribution in [1.29, 1.82) is 0 Å². The van der Waals surface area contributed by atoms with Crippen molar-refractivity contribution in [2.75, 3.05) is 14.2 Å². The van der Waals surface area contributed by atoms with Gasteiger partial charge in [0.25, 0.3) is 5.69 Å². The van der Waals surface area contributed by atoms with Gasteiger partial charge in [0, 0.05) is 6.07 Å². The van der Waals surface area contributed by atoms with Crippen molar-refractivity contribution in [3.05, 3.63) is 33.9 Å². The number of esters is 1. The van der Waals surface area contributed by atoms with Crippen LogP contribution in [0.1, 0.15) is 18.1 Å². The van der Waals surface area contributed by atoms with Gasteiger partial charge in [-0.2, -0.15) is 0 Å². The Morgan fingerprint density at radius 1 is 1.35 bits per heavy atom. The number of nitrogens with zero attached hydrogens (tertiary/aromatic N) is 1. The molecule has 8 heteroatoms. The molecular formula is C12H15NO7. The third kappa shape index (κ3) is 3.90. The number of aliphatic hydroxyl groups excluding tert-OH is 2. The number of rotatable bonds is 6. The van der Waals surface area contributed by atoms with E-state index in [1.165, 1.54) is 19.2 Å². The van der Waals surface area contributed by atoms with E-state index in [2.05, 4.69) is 4.74 Å². The van der Waals surface area contributed by atoms with Gasteiger partial charge in [-0.25, -0.2) is 0 Å². The van der Waals surface area contributed by atoms with Crippen LogP contribution in [-0.4, -0.2) is 41.4 Å². The molecule has 0 aromatic heterocycles. The van der Waals surface area contributed by atoms with Crippen LogP contribution in [0.25, 0.3) is 0 Å². The molecule has 0 saturated carbocycles. The number of carbonyl (C=O) groups is 1. The number of hydrogen-bond donors (Lipinski definition) is 2. The van der Waals surface area contributed by atoms with Crippen molar-refractivity contribution in [2.45, 2.75) is 18.6 Å². The average molecular weight is 285 g/mol. The summed E-state index contributed by atoms with van der Waals surface area (Å²) in [6.07, 6.45) is -3.33. The maximum Gasteiger partial charge on any atom is 0.308 e. The number of nitro benzene ring substituents is 1. The molecule has 1 rings (SSSR count). The molecule has 0 amide bonds. The maximum absolute atomic E-state index is 11.0. The quantitative estimate of drug-likeness (QED) is 0.445. The molecule has 2 unspecified atom stereocenters. The number of carbonyl (C=O) groups excluding carboxylic acids is 1. The normalized spacial score (nSPS) is 13.4. The first-order chi connectivity index (χ1) is 9.38. The number of methoxy groups -OCH3 is 2. The molecule has 2 N–H and O–H groups in total. The van der Waals surface area contributed by atoms with Gasteiger partial charge in [0.05, 0.1) is 37.7 Å². The lowest BCUT2D eigenvalue weighted by molar-refractivity contribution is -0.385. The lowest BCUT2D eigenvalue weighted by Crippen LogP contribution is -2.22. The second-order valence-electron chi connectivity index (χ2n) is 4.01. The second-order valence-corrected chi connectivity index (χ2v) is 4.01. The molecule has 0 aliphatic heterocycles. The van der Waals surface area contributed by atoms with Gasteiger partial charge in [-0.05, 0) is 11.6 Å². The monoisotopic (exact) mass is 285 g/mol. The largest absolute Gasteiger partial charge is 0.496 e. The smallest absolute Gasteiger partial charge is 0.308 e. The van der Waals surface area contributed by atoms with Crippen molar-refractivity contribution in [3.8, 4) is 5.75 Å². The zero-order valence-corrected chi connectivity index (χ0v) is 11.0. The standard InChI is InChI=1S/C12H15NO7/c1-19-9-4-7(3-8(5-9)13(17)18)12(16)10(14)6-11(15)20-2/h3-5,10,12,14,16H,6H2,1-2H3. The van der Waals surface area contributed by atoms with E-state index in [-0.39, 0.29) is 17.0 Å². The van der Waals surface area contributed by atoms with Crippen LogP contribution in [0.15, 0.2) is 18.2 Å². The highest BCUT2D eigenvalue weighted by molar-refractivity contribution is 5.69. The molecule has 0 radical (unpaired) electrons. The van der Waals surface area contributed by atoms with Crippen LogP contribution in [-0.2, 0) is 9.53 Å². The van der Waals surface area contributed by atoms with Gasteiger partial charge in [-0.3, -0.25) is 14.9 Å². The Bertz CT molecular complexity index is 503. The van der Waals surface area contributed by atoms with Crippen LogP contribution in [0, 0.1) is 10.1 Å². The second kappa shape index (κ2) is 6.83. The van der Waals surface area contributed by atoms with E-state index in [0.717, 1.165) is 13.2 Å². The Morgan fingerprint density at radius 3 is 2.50 bits per heavy atom. The van der Waals surface area contributed by atoms with Crippen molar-refractivity contribution in [1.82, 2.24) is 0 Å². The average Bonchev–Trinajstić information content (AvgIpc) is 2.45. The van der Waals surface area contributed by atoms with Crippen molar-refractivity contribution < 1.29 is 29.4 Å². The number of ether oxygens (including phenoxy) is 2. The van der Waals surface area contributed by atoms with Crippen LogP contribution in [0.2, 0.25) is 0 Å². The summed E-state index contributed by atoms with van der Waals surface area (Å²) in [5.41, 5.74) is -0.212. The van der Waals surface area contributed by atoms with Crippen molar-refractivity contribution in [2.24, 2.45) is 0 Å². The molecule has 8 nitrogen and oxygen atoms in total. The molecule has 110 valence electrons. The molecule has 20 heavy (non-hydrogen) atoms. The molecule has 0 bridgehead atoms. The van der Waals surface area contributed by atoms with Gasteiger partial charge in [-0.15, -0.1) is 0 Å². The molecule has 1 aromatic rings. The Hall–Kier alpha value is -2.19. The third-order valence-electron chi connectivity index (χ3n) is 2.67. The summed E-state index contributed by atoms with van der Waals surface area (Å²) in [7, 11) is 2.47. The molecule has 0 fully saturated rings. The first-order valence-corrected chi connectivity index (χ1v) is 5.65. The fourth-order valence-corrected chi connectivity index (χ4v) is 1.59. The molecule has 0 heterocycles. The highest BCUT2D eigenvalue weighted by Gasteiger charge is 2.24. The number of non-ortho nitro benzene ring substituents is 1. The highest BCUT2D eigenvalue weighted by Crippen LogP contribution is 2.28. The Labute approximate surface area is 114 Å². The summed E-state index contributed by atoms with van der Waals surface area (Å²) < 4.78 is 9.26. The van der Waals surface area contributed by atoms with Crippen molar-refractivity contribution in [3.63, 3.8) is 0 Å². The summed E-state index contributed by atoms with van der Waals surface area (Å²) in [4.78, 5) is 21.2. The molecule has 0 aliphatic carbocycles. The number of benzene rings is 1. The van der Waals surface area contributed by atoms with E-state index in [9.17, 15) is 25.1 Å². The molecule has 1 aromatic carbocycles. The number of nitro groups is 1. The fourth-order valence-electron chi connectivity index (χ4n) is 1.59. The van der Waals surface area contributed by atoms with E-state index in [4.69, 9.17) is 4.74 Å². The highest BCUT2D eigenvalue weighted by atomic mass is 16.6. The van der Waals surface area contributed by atoms with E-state index in [0.29, 0.717) is 0 Å². The Balaban J connectivity index is 3.02. The summed E-state index contributed by atoms with van der Waals surface area (Å²) in [6, 6.07) is 3.63. The van der Waals surface area contributed by atoms with E-state index < -0.39 is 29.5 Å². The zero-order valence-electron chi connectivity index (χ0n) is 11.0. The van der Waals surface area contributed by atoms with E-state index in [1.54, 1.807) is 0 Å². The van der Waals surface area contributed by atoms with Gasteiger partial charge >= 0.3 is 5.97 Å². The molecule has 0 spiro atoms. The Morgan fingerprint density at radius 2 is 2.00 bits per heavy atom. The molecule has 0 aliphatic rings. The van der Waals surface area contributed by atoms with Crippen LogP contribution in [0.4, 0.5) is 5.69 Å². The lowest BCUT2D eigenvalue weighted by atomic mass is 10.0. The Kier molecular flexibility index (Phi) is 5.42. The molecule has 2 atom stereocenters. The van der Waals surface area contributed by atoms with E-state index in [1.807, 2.05) is 0 Å².